The van der Waals surface area contributed by atoms with Crippen LogP contribution in [-0.2, 0) is 16.0 Å². The van der Waals surface area contributed by atoms with Gasteiger partial charge in [0.05, 0.1) is 6.10 Å². The minimum absolute atomic E-state index is 0.249. The Morgan fingerprint density at radius 3 is 2.12 bits per heavy atom. The summed E-state index contributed by atoms with van der Waals surface area (Å²) in [4.78, 5) is 20.5. The van der Waals surface area contributed by atoms with Crippen molar-refractivity contribution in [3.63, 3.8) is 0 Å². The summed E-state index contributed by atoms with van der Waals surface area (Å²) in [5.74, 6) is -2.99. The number of nitrogens with zero attached hydrogens (tertiary/aromatic N) is 1. The number of carboxylic acid groups (broad SMARTS) is 2. The SMILES string of the molecule is O=C(O)C(=O)O.OC(COc1ccccc1C(O)CCc1ccccc1)CN1CCCCC1. The molecule has 2 atom stereocenters. The summed E-state index contributed by atoms with van der Waals surface area (Å²) < 4.78 is 5.88. The Kier molecular flexibility index (Phi) is 11.4. The van der Waals surface area contributed by atoms with Crippen molar-refractivity contribution in [1.82, 2.24) is 4.90 Å². The van der Waals surface area contributed by atoms with E-state index in [0.29, 0.717) is 18.7 Å². The molecule has 33 heavy (non-hydrogen) atoms. The summed E-state index contributed by atoms with van der Waals surface area (Å²) in [6.07, 6.45) is 4.07. The fourth-order valence-corrected chi connectivity index (χ4v) is 3.67. The predicted molar refractivity (Wildman–Crippen MR) is 123 cm³/mol. The standard InChI is InChI=1S/C23H31NO3.C2H2O4/c25-20(17-24-15-7-2-8-16-24)18-27-23-12-6-5-11-21(23)22(26)14-13-19-9-3-1-4-10-19;3-1(4)2(5)6/h1,3-6,9-12,20,22,25-26H,2,7-8,13-18H2;(H,3,4)(H,5,6). The highest BCUT2D eigenvalue weighted by Gasteiger charge is 2.17. The molecule has 8 nitrogen and oxygen atoms in total. The lowest BCUT2D eigenvalue weighted by molar-refractivity contribution is -0.159. The molecule has 0 bridgehead atoms. The Labute approximate surface area is 194 Å². The number of likely N-dealkylation sites (tertiary alicyclic amines) is 1. The van der Waals surface area contributed by atoms with E-state index in [1.165, 1.54) is 24.8 Å². The summed E-state index contributed by atoms with van der Waals surface area (Å²) in [5, 5.41) is 35.7. The first-order valence-electron chi connectivity index (χ1n) is 11.2. The maximum atomic E-state index is 10.6. The number of hydrogen-bond donors (Lipinski definition) is 4. The minimum atomic E-state index is -1.82. The molecule has 2 aromatic rings. The van der Waals surface area contributed by atoms with Crippen LogP contribution in [0.1, 0.15) is 42.9 Å². The van der Waals surface area contributed by atoms with Gasteiger partial charge in [0.2, 0.25) is 0 Å². The van der Waals surface area contributed by atoms with Crippen LogP contribution in [0.3, 0.4) is 0 Å². The monoisotopic (exact) mass is 459 g/mol. The lowest BCUT2D eigenvalue weighted by atomic mass is 10.0. The lowest BCUT2D eigenvalue weighted by Crippen LogP contribution is -2.38. The molecule has 1 aliphatic heterocycles. The first-order chi connectivity index (χ1) is 15.9. The molecular weight excluding hydrogens is 426 g/mol. The fourth-order valence-electron chi connectivity index (χ4n) is 3.67. The van der Waals surface area contributed by atoms with Gasteiger partial charge >= 0.3 is 11.9 Å². The normalized spacial score (nSPS) is 15.6. The zero-order valence-electron chi connectivity index (χ0n) is 18.7. The van der Waals surface area contributed by atoms with E-state index in [2.05, 4.69) is 17.0 Å². The number of β-amino-alcohol motifs (C(OH)–C–C–N with tert-alkyl or cyclic N) is 1. The van der Waals surface area contributed by atoms with Gasteiger partial charge in [-0.15, -0.1) is 0 Å². The molecule has 0 aromatic heterocycles. The molecule has 1 saturated heterocycles. The van der Waals surface area contributed by atoms with Gasteiger partial charge in [0, 0.05) is 12.1 Å². The smallest absolute Gasteiger partial charge is 0.414 e. The van der Waals surface area contributed by atoms with Crippen LogP contribution < -0.4 is 4.74 Å². The van der Waals surface area contributed by atoms with Gasteiger partial charge in [0.25, 0.3) is 0 Å². The number of benzene rings is 2. The second-order valence-corrected chi connectivity index (χ2v) is 8.01. The summed E-state index contributed by atoms with van der Waals surface area (Å²) >= 11 is 0. The zero-order chi connectivity index (χ0) is 24.1. The quantitative estimate of drug-likeness (QED) is 0.422. The maximum Gasteiger partial charge on any atom is 0.414 e. The number of hydrogen-bond acceptors (Lipinski definition) is 6. The summed E-state index contributed by atoms with van der Waals surface area (Å²) in [6.45, 7) is 3.02. The van der Waals surface area contributed by atoms with Crippen LogP contribution in [0.15, 0.2) is 54.6 Å². The van der Waals surface area contributed by atoms with Gasteiger partial charge in [-0.3, -0.25) is 0 Å². The van der Waals surface area contributed by atoms with E-state index in [1.807, 2.05) is 42.5 Å². The molecule has 1 heterocycles. The fraction of sp³-hybridized carbons (Fsp3) is 0.440. The third-order valence-corrected chi connectivity index (χ3v) is 5.36. The third-order valence-electron chi connectivity index (χ3n) is 5.36. The third kappa shape index (κ3) is 10.0. The van der Waals surface area contributed by atoms with Gasteiger partial charge in [-0.05, 0) is 50.4 Å². The molecule has 0 radical (unpaired) electrons. The molecule has 1 aliphatic rings. The van der Waals surface area contributed by atoms with Crippen molar-refractivity contribution in [2.75, 3.05) is 26.2 Å². The van der Waals surface area contributed by atoms with Crippen LogP contribution in [0.2, 0.25) is 0 Å². The molecule has 4 N–H and O–H groups in total. The topological polar surface area (TPSA) is 128 Å². The second kappa shape index (κ2) is 14.3. The Morgan fingerprint density at radius 2 is 1.48 bits per heavy atom. The number of piperidine rings is 1. The van der Waals surface area contributed by atoms with Crippen LogP contribution >= 0.6 is 0 Å². The van der Waals surface area contributed by atoms with Crippen LogP contribution in [0.4, 0.5) is 0 Å². The molecular formula is C25H33NO7. The molecule has 8 heteroatoms. The van der Waals surface area contributed by atoms with E-state index in [-0.39, 0.29) is 6.61 Å². The molecule has 2 unspecified atom stereocenters. The highest BCUT2D eigenvalue weighted by atomic mass is 16.5. The van der Waals surface area contributed by atoms with Gasteiger partial charge in [0.15, 0.2) is 0 Å². The molecule has 0 saturated carbocycles. The maximum absolute atomic E-state index is 10.6. The number of carboxylic acids is 2. The minimum Gasteiger partial charge on any atom is -0.490 e. The van der Waals surface area contributed by atoms with Crippen molar-refractivity contribution in [2.24, 2.45) is 0 Å². The largest absolute Gasteiger partial charge is 0.490 e. The number of carbonyl (C=O) groups is 2. The molecule has 2 aromatic carbocycles. The van der Waals surface area contributed by atoms with Crippen molar-refractivity contribution in [1.29, 1.82) is 0 Å². The van der Waals surface area contributed by atoms with Crippen molar-refractivity contribution in [3.8, 4) is 5.75 Å². The molecule has 180 valence electrons. The van der Waals surface area contributed by atoms with E-state index in [1.54, 1.807) is 0 Å². The Hall–Kier alpha value is -2.94. The van der Waals surface area contributed by atoms with E-state index in [0.717, 1.165) is 25.1 Å². The Balaban J connectivity index is 0.000000569. The number of aliphatic carboxylic acids is 2. The number of rotatable bonds is 9. The average molecular weight is 460 g/mol. The molecule has 0 amide bonds. The first-order valence-corrected chi connectivity index (χ1v) is 11.2. The first kappa shape index (κ1) is 26.3. The number of aliphatic hydroxyl groups is 2. The van der Waals surface area contributed by atoms with Crippen LogP contribution in [0, 0.1) is 0 Å². The molecule has 0 spiro atoms. The van der Waals surface area contributed by atoms with Gasteiger partial charge < -0.3 is 30.1 Å². The summed E-state index contributed by atoms with van der Waals surface area (Å²) in [7, 11) is 0. The number of aryl methyl sites for hydroxylation is 1. The number of ether oxygens (including phenoxy) is 1. The van der Waals surface area contributed by atoms with E-state index in [9.17, 15) is 10.2 Å². The molecule has 0 aliphatic carbocycles. The highest BCUT2D eigenvalue weighted by molar-refractivity contribution is 6.27. The average Bonchev–Trinajstić information content (AvgIpc) is 2.83. The van der Waals surface area contributed by atoms with Gasteiger partial charge in [0.1, 0.15) is 18.5 Å². The van der Waals surface area contributed by atoms with Crippen molar-refractivity contribution in [2.45, 2.75) is 44.3 Å². The lowest BCUT2D eigenvalue weighted by Gasteiger charge is -2.28. The number of para-hydroxylation sites is 1. The highest BCUT2D eigenvalue weighted by Crippen LogP contribution is 2.28. The molecule has 3 rings (SSSR count). The summed E-state index contributed by atoms with van der Waals surface area (Å²) in [6, 6.07) is 17.8. The van der Waals surface area contributed by atoms with Crippen LogP contribution in [0.25, 0.3) is 0 Å². The van der Waals surface area contributed by atoms with E-state index in [4.69, 9.17) is 24.5 Å². The number of aliphatic hydroxyl groups excluding tert-OH is 2. The van der Waals surface area contributed by atoms with E-state index < -0.39 is 24.1 Å². The van der Waals surface area contributed by atoms with Crippen molar-refractivity contribution < 1.29 is 34.8 Å². The zero-order valence-corrected chi connectivity index (χ0v) is 18.7. The Morgan fingerprint density at radius 1 is 0.879 bits per heavy atom. The van der Waals surface area contributed by atoms with Gasteiger partial charge in [-0.2, -0.15) is 0 Å². The predicted octanol–water partition coefficient (Wildman–Crippen LogP) is 2.73. The van der Waals surface area contributed by atoms with Crippen LogP contribution in [-0.4, -0.2) is 69.6 Å². The van der Waals surface area contributed by atoms with Crippen LogP contribution in [0.5, 0.6) is 5.75 Å². The second-order valence-electron chi connectivity index (χ2n) is 8.01. The molecule has 1 fully saturated rings. The van der Waals surface area contributed by atoms with Gasteiger partial charge in [-0.1, -0.05) is 55.0 Å². The Bertz CT molecular complexity index is 841. The van der Waals surface area contributed by atoms with Gasteiger partial charge in [-0.25, -0.2) is 9.59 Å². The van der Waals surface area contributed by atoms with E-state index >= 15 is 0 Å². The summed E-state index contributed by atoms with van der Waals surface area (Å²) in [5.41, 5.74) is 2.01. The van der Waals surface area contributed by atoms with Crippen molar-refractivity contribution in [3.05, 3.63) is 65.7 Å². The van der Waals surface area contributed by atoms with Crippen molar-refractivity contribution >= 4 is 11.9 Å².